The van der Waals surface area contributed by atoms with Crippen LogP contribution in [-0.4, -0.2) is 12.6 Å². The average molecular weight is 433 g/mol. The highest BCUT2D eigenvalue weighted by atomic mass is 16.5. The molecule has 0 fully saturated rings. The average Bonchev–Trinajstić information content (AvgIpc) is 2.76. The summed E-state index contributed by atoms with van der Waals surface area (Å²) in [5, 5.41) is 0. The Kier molecular flexibility index (Phi) is 7.32. The van der Waals surface area contributed by atoms with Crippen LogP contribution >= 0.6 is 0 Å². The van der Waals surface area contributed by atoms with Gasteiger partial charge in [0.25, 0.3) is 0 Å². The normalized spacial score (nSPS) is 17.0. The molecule has 0 saturated heterocycles. The molecule has 0 unspecified atom stereocenters. The van der Waals surface area contributed by atoms with Crippen LogP contribution in [-0.2, 0) is 22.0 Å². The molecule has 3 rings (SSSR count). The molecule has 0 atom stereocenters. The number of ether oxygens (including phenoxy) is 1. The zero-order valence-corrected chi connectivity index (χ0v) is 21.1. The maximum absolute atomic E-state index is 12.2. The van der Waals surface area contributed by atoms with Gasteiger partial charge >= 0.3 is 5.97 Å². The summed E-state index contributed by atoms with van der Waals surface area (Å²) in [7, 11) is 0. The predicted molar refractivity (Wildman–Crippen MR) is 136 cm³/mol. The zero-order valence-electron chi connectivity index (χ0n) is 21.1. The molecule has 2 aromatic carbocycles. The van der Waals surface area contributed by atoms with E-state index in [4.69, 9.17) is 4.74 Å². The summed E-state index contributed by atoms with van der Waals surface area (Å²) < 4.78 is 5.32. The van der Waals surface area contributed by atoms with E-state index in [2.05, 4.69) is 66.7 Å². The molecular formula is C30H40O2. The summed E-state index contributed by atoms with van der Waals surface area (Å²) in [6, 6.07) is 12.7. The molecule has 172 valence electrons. The van der Waals surface area contributed by atoms with Crippen LogP contribution in [0.3, 0.4) is 0 Å². The third-order valence-corrected chi connectivity index (χ3v) is 7.14. The molecule has 2 heteroatoms. The predicted octanol–water partition coefficient (Wildman–Crippen LogP) is 8.12. The van der Waals surface area contributed by atoms with Gasteiger partial charge in [-0.3, -0.25) is 0 Å². The van der Waals surface area contributed by atoms with Gasteiger partial charge in [-0.25, -0.2) is 4.79 Å². The first-order valence-corrected chi connectivity index (χ1v) is 12.2. The standard InChI is InChI=1S/C30H40O2/c1-8-10-17-32-28(31)24-13-11-22(12-14-24)18-21(3)25-20-27-26(19-23(25)9-2)29(4,5)15-16-30(27,6)7/h11-14,18-20H,8-10,15-17H2,1-7H3. The highest BCUT2D eigenvalue weighted by molar-refractivity contribution is 5.90. The monoisotopic (exact) mass is 432 g/mol. The van der Waals surface area contributed by atoms with Gasteiger partial charge in [0.05, 0.1) is 12.2 Å². The van der Waals surface area contributed by atoms with Gasteiger partial charge in [0, 0.05) is 0 Å². The van der Waals surface area contributed by atoms with E-state index in [-0.39, 0.29) is 16.8 Å². The van der Waals surface area contributed by atoms with E-state index in [1.807, 2.05) is 24.3 Å². The number of allylic oxidation sites excluding steroid dienone is 1. The Labute approximate surface area is 195 Å². The number of carbonyl (C=O) groups excluding carboxylic acids is 1. The maximum Gasteiger partial charge on any atom is 0.338 e. The van der Waals surface area contributed by atoms with Crippen LogP contribution in [0.4, 0.5) is 0 Å². The van der Waals surface area contributed by atoms with Crippen molar-refractivity contribution in [3.63, 3.8) is 0 Å². The Hall–Kier alpha value is -2.35. The van der Waals surface area contributed by atoms with Gasteiger partial charge in [-0.15, -0.1) is 0 Å². The van der Waals surface area contributed by atoms with Crippen molar-refractivity contribution in [3.05, 3.63) is 69.8 Å². The largest absolute Gasteiger partial charge is 0.462 e. The highest BCUT2D eigenvalue weighted by Gasteiger charge is 2.37. The van der Waals surface area contributed by atoms with Gasteiger partial charge in [-0.2, -0.15) is 0 Å². The molecule has 0 aromatic heterocycles. The van der Waals surface area contributed by atoms with E-state index in [1.165, 1.54) is 40.7 Å². The van der Waals surface area contributed by atoms with E-state index < -0.39 is 0 Å². The second kappa shape index (κ2) is 9.65. The van der Waals surface area contributed by atoms with Crippen molar-refractivity contribution >= 4 is 17.6 Å². The van der Waals surface area contributed by atoms with Crippen LogP contribution in [0.25, 0.3) is 11.6 Å². The minimum atomic E-state index is -0.237. The molecule has 0 radical (unpaired) electrons. The molecule has 0 N–H and O–H groups in total. The van der Waals surface area contributed by atoms with Crippen molar-refractivity contribution in [2.75, 3.05) is 6.61 Å². The quantitative estimate of drug-likeness (QED) is 0.251. The summed E-state index contributed by atoms with van der Waals surface area (Å²) in [5.74, 6) is -0.237. The fraction of sp³-hybridized carbons (Fsp3) is 0.500. The van der Waals surface area contributed by atoms with Crippen LogP contribution in [0.1, 0.15) is 112 Å². The minimum absolute atomic E-state index is 0.200. The van der Waals surface area contributed by atoms with Gasteiger partial charge < -0.3 is 4.74 Å². The molecule has 32 heavy (non-hydrogen) atoms. The summed E-state index contributed by atoms with van der Waals surface area (Å²) in [6.07, 6.45) is 7.63. The van der Waals surface area contributed by atoms with Gasteiger partial charge in [-0.1, -0.05) is 78.3 Å². The van der Waals surface area contributed by atoms with Crippen LogP contribution in [0.15, 0.2) is 36.4 Å². The molecule has 0 amide bonds. The van der Waals surface area contributed by atoms with E-state index >= 15 is 0 Å². The zero-order chi connectivity index (χ0) is 23.5. The maximum atomic E-state index is 12.2. The second-order valence-electron chi connectivity index (χ2n) is 10.6. The van der Waals surface area contributed by atoms with Gasteiger partial charge in [0.1, 0.15) is 0 Å². The lowest BCUT2D eigenvalue weighted by Gasteiger charge is -2.42. The smallest absolute Gasteiger partial charge is 0.338 e. The van der Waals surface area contributed by atoms with Gasteiger partial charge in [0.2, 0.25) is 0 Å². The Morgan fingerprint density at radius 3 is 2.12 bits per heavy atom. The van der Waals surface area contributed by atoms with E-state index in [1.54, 1.807) is 0 Å². The topological polar surface area (TPSA) is 26.3 Å². The Bertz CT molecular complexity index is 990. The molecule has 0 saturated carbocycles. The van der Waals surface area contributed by atoms with Crippen LogP contribution in [0.2, 0.25) is 0 Å². The van der Waals surface area contributed by atoms with Crippen LogP contribution < -0.4 is 0 Å². The SMILES string of the molecule is CCCCOC(=O)c1ccc(C=C(C)c2cc3c(cc2CC)C(C)(C)CCC3(C)C)cc1. The first kappa shape index (κ1) is 24.3. The molecular weight excluding hydrogens is 392 g/mol. The summed E-state index contributed by atoms with van der Waals surface area (Å²) >= 11 is 0. The minimum Gasteiger partial charge on any atom is -0.462 e. The molecule has 1 aliphatic carbocycles. The molecule has 2 aromatic rings. The number of unbranched alkanes of at least 4 members (excludes halogenated alkanes) is 1. The number of benzene rings is 2. The summed E-state index contributed by atoms with van der Waals surface area (Å²) in [5.41, 5.74) is 9.20. The number of aryl methyl sites for hydroxylation is 1. The fourth-order valence-electron chi connectivity index (χ4n) is 4.75. The third-order valence-electron chi connectivity index (χ3n) is 7.14. The number of fused-ring (bicyclic) bond motifs is 1. The van der Waals surface area contributed by atoms with Gasteiger partial charge in [-0.05, 0) is 89.0 Å². The Morgan fingerprint density at radius 2 is 1.56 bits per heavy atom. The van der Waals surface area contributed by atoms with Crippen LogP contribution in [0.5, 0.6) is 0 Å². The first-order chi connectivity index (χ1) is 15.1. The lowest BCUT2D eigenvalue weighted by Crippen LogP contribution is -2.34. The van der Waals surface area contributed by atoms with Crippen molar-refractivity contribution in [1.82, 2.24) is 0 Å². The molecule has 0 aliphatic heterocycles. The lowest BCUT2D eigenvalue weighted by molar-refractivity contribution is 0.0499. The fourth-order valence-corrected chi connectivity index (χ4v) is 4.75. The molecule has 0 bridgehead atoms. The third kappa shape index (κ3) is 5.17. The Morgan fingerprint density at radius 1 is 0.969 bits per heavy atom. The first-order valence-electron chi connectivity index (χ1n) is 12.2. The molecule has 0 heterocycles. The van der Waals surface area contributed by atoms with Gasteiger partial charge in [0.15, 0.2) is 0 Å². The number of rotatable bonds is 7. The molecule has 2 nitrogen and oxygen atoms in total. The van der Waals surface area contributed by atoms with Crippen molar-refractivity contribution in [3.8, 4) is 0 Å². The van der Waals surface area contributed by atoms with E-state index in [9.17, 15) is 4.79 Å². The van der Waals surface area contributed by atoms with Crippen molar-refractivity contribution in [2.45, 2.75) is 91.4 Å². The highest BCUT2D eigenvalue weighted by Crippen LogP contribution is 2.47. The number of esters is 1. The van der Waals surface area contributed by atoms with Crippen molar-refractivity contribution < 1.29 is 9.53 Å². The Balaban J connectivity index is 1.92. The number of hydrogen-bond acceptors (Lipinski definition) is 2. The number of hydrogen-bond donors (Lipinski definition) is 0. The molecule has 1 aliphatic rings. The van der Waals surface area contributed by atoms with Crippen molar-refractivity contribution in [2.24, 2.45) is 0 Å². The lowest BCUT2D eigenvalue weighted by atomic mass is 9.62. The van der Waals surface area contributed by atoms with Crippen LogP contribution in [0, 0.1) is 0 Å². The molecule has 0 spiro atoms. The summed E-state index contributed by atoms with van der Waals surface area (Å²) in [4.78, 5) is 12.2. The summed E-state index contributed by atoms with van der Waals surface area (Å²) in [6.45, 7) is 16.6. The number of carbonyl (C=O) groups is 1. The van der Waals surface area contributed by atoms with Crippen molar-refractivity contribution in [1.29, 1.82) is 0 Å². The van der Waals surface area contributed by atoms with E-state index in [0.717, 1.165) is 24.8 Å². The van der Waals surface area contributed by atoms with E-state index in [0.29, 0.717) is 12.2 Å². The second-order valence-corrected chi connectivity index (χ2v) is 10.6.